The van der Waals surface area contributed by atoms with Crippen molar-refractivity contribution in [3.05, 3.63) is 101 Å². The van der Waals surface area contributed by atoms with Crippen LogP contribution in [0.15, 0.2) is 78.9 Å². The average Bonchev–Trinajstić information content (AvgIpc) is 3.13. The molecule has 1 heterocycles. The maximum Gasteiger partial charge on any atom is 0.177 e. The molecule has 144 valence electrons. The van der Waals surface area contributed by atoms with Gasteiger partial charge >= 0.3 is 0 Å². The lowest BCUT2D eigenvalue weighted by Gasteiger charge is -2.08. The predicted molar refractivity (Wildman–Crippen MR) is 118 cm³/mol. The first-order valence-electron chi connectivity index (χ1n) is 9.82. The molecule has 0 amide bonds. The molecule has 0 aliphatic heterocycles. The standard InChI is InChI=1S/C26H24N2O/c1-18-9-14-24(19(2)15-18)22-10-12-23(13-11-22)25-16-26(20(3)29)28(27-25)17-21-7-5-4-6-8-21/h4-16H,17H2,1-3H3. The largest absolute Gasteiger partial charge is 0.293 e. The van der Waals surface area contributed by atoms with Crippen LogP contribution in [0.25, 0.3) is 22.4 Å². The van der Waals surface area contributed by atoms with Gasteiger partial charge in [0.2, 0.25) is 0 Å². The van der Waals surface area contributed by atoms with Gasteiger partial charge in [0.25, 0.3) is 0 Å². The van der Waals surface area contributed by atoms with Crippen LogP contribution in [-0.4, -0.2) is 15.6 Å². The van der Waals surface area contributed by atoms with Gasteiger partial charge in [-0.15, -0.1) is 0 Å². The zero-order valence-electron chi connectivity index (χ0n) is 17.0. The van der Waals surface area contributed by atoms with Crippen LogP contribution in [0.3, 0.4) is 0 Å². The van der Waals surface area contributed by atoms with E-state index in [-0.39, 0.29) is 5.78 Å². The van der Waals surface area contributed by atoms with E-state index in [1.807, 2.05) is 36.4 Å². The number of hydrogen-bond donors (Lipinski definition) is 0. The molecule has 3 aromatic carbocycles. The van der Waals surface area contributed by atoms with E-state index in [1.165, 1.54) is 22.3 Å². The van der Waals surface area contributed by atoms with E-state index in [2.05, 4.69) is 56.3 Å². The Balaban J connectivity index is 1.66. The number of nitrogens with zero attached hydrogens (tertiary/aromatic N) is 2. The van der Waals surface area contributed by atoms with Crippen molar-refractivity contribution in [3.63, 3.8) is 0 Å². The normalized spacial score (nSPS) is 10.9. The number of rotatable bonds is 5. The molecule has 0 unspecified atom stereocenters. The second-order valence-electron chi connectivity index (χ2n) is 7.51. The summed E-state index contributed by atoms with van der Waals surface area (Å²) in [6.07, 6.45) is 0. The molecule has 0 N–H and O–H groups in total. The molecular formula is C26H24N2O. The van der Waals surface area contributed by atoms with Crippen LogP contribution in [-0.2, 0) is 6.54 Å². The van der Waals surface area contributed by atoms with Crippen LogP contribution in [0.1, 0.15) is 34.1 Å². The lowest BCUT2D eigenvalue weighted by molar-refractivity contribution is 0.100. The van der Waals surface area contributed by atoms with E-state index in [0.29, 0.717) is 12.2 Å². The molecule has 0 aliphatic carbocycles. The predicted octanol–water partition coefficient (Wildman–Crippen LogP) is 6.08. The maximum absolute atomic E-state index is 12.1. The first-order valence-corrected chi connectivity index (χ1v) is 9.82. The smallest absolute Gasteiger partial charge is 0.177 e. The Hall–Kier alpha value is -3.46. The lowest BCUT2D eigenvalue weighted by Crippen LogP contribution is -2.09. The Bertz CT molecular complexity index is 1160. The van der Waals surface area contributed by atoms with E-state index >= 15 is 0 Å². The first kappa shape index (κ1) is 18.9. The minimum atomic E-state index is 0.0200. The highest BCUT2D eigenvalue weighted by Gasteiger charge is 2.14. The number of aryl methyl sites for hydroxylation is 2. The second kappa shape index (κ2) is 7.88. The van der Waals surface area contributed by atoms with Gasteiger partial charge in [-0.3, -0.25) is 9.48 Å². The zero-order valence-corrected chi connectivity index (χ0v) is 17.0. The summed E-state index contributed by atoms with van der Waals surface area (Å²) in [6.45, 7) is 6.42. The third-order valence-corrected chi connectivity index (χ3v) is 5.19. The van der Waals surface area contributed by atoms with E-state index in [1.54, 1.807) is 11.6 Å². The van der Waals surface area contributed by atoms with E-state index in [4.69, 9.17) is 5.10 Å². The summed E-state index contributed by atoms with van der Waals surface area (Å²) in [5.41, 5.74) is 8.53. The van der Waals surface area contributed by atoms with Crippen molar-refractivity contribution < 1.29 is 4.79 Å². The van der Waals surface area contributed by atoms with Gasteiger partial charge in [-0.2, -0.15) is 5.10 Å². The number of benzene rings is 3. The molecular weight excluding hydrogens is 356 g/mol. The molecule has 0 saturated heterocycles. The Morgan fingerprint density at radius 3 is 2.21 bits per heavy atom. The van der Waals surface area contributed by atoms with Crippen LogP contribution in [0.5, 0.6) is 0 Å². The average molecular weight is 380 g/mol. The van der Waals surface area contributed by atoms with Crippen LogP contribution >= 0.6 is 0 Å². The van der Waals surface area contributed by atoms with Crippen LogP contribution in [0.2, 0.25) is 0 Å². The van der Waals surface area contributed by atoms with Crippen molar-refractivity contribution in [1.29, 1.82) is 0 Å². The van der Waals surface area contributed by atoms with Gasteiger partial charge in [-0.05, 0) is 42.2 Å². The molecule has 4 rings (SSSR count). The van der Waals surface area contributed by atoms with E-state index < -0.39 is 0 Å². The summed E-state index contributed by atoms with van der Waals surface area (Å²) in [5.74, 6) is 0.0200. The van der Waals surface area contributed by atoms with Crippen molar-refractivity contribution in [2.75, 3.05) is 0 Å². The minimum Gasteiger partial charge on any atom is -0.293 e. The highest BCUT2D eigenvalue weighted by Crippen LogP contribution is 2.27. The van der Waals surface area contributed by atoms with Crippen LogP contribution in [0, 0.1) is 13.8 Å². The van der Waals surface area contributed by atoms with Crippen molar-refractivity contribution >= 4 is 5.78 Å². The molecule has 3 heteroatoms. The highest BCUT2D eigenvalue weighted by atomic mass is 16.1. The minimum absolute atomic E-state index is 0.0200. The molecule has 0 radical (unpaired) electrons. The molecule has 0 aliphatic rings. The third kappa shape index (κ3) is 4.04. The molecule has 0 fully saturated rings. The fourth-order valence-electron chi connectivity index (χ4n) is 3.68. The van der Waals surface area contributed by atoms with Gasteiger partial charge in [-0.1, -0.05) is 78.4 Å². The molecule has 4 aromatic rings. The van der Waals surface area contributed by atoms with Gasteiger partial charge in [-0.25, -0.2) is 0 Å². The summed E-state index contributed by atoms with van der Waals surface area (Å²) >= 11 is 0. The SMILES string of the molecule is CC(=O)c1cc(-c2ccc(-c3ccc(C)cc3C)cc2)nn1Cc1ccccc1. The van der Waals surface area contributed by atoms with E-state index in [0.717, 1.165) is 16.8 Å². The number of hydrogen-bond acceptors (Lipinski definition) is 2. The van der Waals surface area contributed by atoms with Gasteiger partial charge in [0.05, 0.1) is 12.2 Å². The van der Waals surface area contributed by atoms with Crippen molar-refractivity contribution in [2.45, 2.75) is 27.3 Å². The van der Waals surface area contributed by atoms with Crippen molar-refractivity contribution in [2.24, 2.45) is 0 Å². The van der Waals surface area contributed by atoms with E-state index in [9.17, 15) is 4.79 Å². The zero-order chi connectivity index (χ0) is 20.4. The number of Topliss-reactive ketones (excluding diaryl/α,β-unsaturated/α-hetero) is 1. The topological polar surface area (TPSA) is 34.9 Å². The summed E-state index contributed by atoms with van der Waals surface area (Å²) in [7, 11) is 0. The Labute approximate surface area is 171 Å². The fourth-order valence-corrected chi connectivity index (χ4v) is 3.68. The van der Waals surface area contributed by atoms with Gasteiger partial charge < -0.3 is 0 Å². The summed E-state index contributed by atoms with van der Waals surface area (Å²) in [6, 6.07) is 26.9. The Morgan fingerprint density at radius 1 is 0.862 bits per heavy atom. The molecule has 29 heavy (non-hydrogen) atoms. The summed E-state index contributed by atoms with van der Waals surface area (Å²) < 4.78 is 1.80. The lowest BCUT2D eigenvalue weighted by atomic mass is 9.97. The first-order chi connectivity index (χ1) is 14.0. The second-order valence-corrected chi connectivity index (χ2v) is 7.51. The number of carbonyl (C=O) groups excluding carboxylic acids is 1. The molecule has 0 spiro atoms. The van der Waals surface area contributed by atoms with Gasteiger partial charge in [0.15, 0.2) is 5.78 Å². The molecule has 0 bridgehead atoms. The number of ketones is 1. The molecule has 1 aromatic heterocycles. The van der Waals surface area contributed by atoms with Crippen LogP contribution in [0.4, 0.5) is 0 Å². The van der Waals surface area contributed by atoms with Crippen molar-refractivity contribution in [1.82, 2.24) is 9.78 Å². The van der Waals surface area contributed by atoms with Crippen LogP contribution < -0.4 is 0 Å². The Morgan fingerprint density at radius 2 is 1.55 bits per heavy atom. The maximum atomic E-state index is 12.1. The highest BCUT2D eigenvalue weighted by molar-refractivity contribution is 5.93. The Kier molecular flexibility index (Phi) is 5.13. The summed E-state index contributed by atoms with van der Waals surface area (Å²) in [4.78, 5) is 12.1. The molecule has 0 saturated carbocycles. The third-order valence-electron chi connectivity index (χ3n) is 5.19. The molecule has 3 nitrogen and oxygen atoms in total. The monoisotopic (exact) mass is 380 g/mol. The fraction of sp³-hybridized carbons (Fsp3) is 0.154. The van der Waals surface area contributed by atoms with Gasteiger partial charge in [0.1, 0.15) is 5.69 Å². The van der Waals surface area contributed by atoms with Crippen molar-refractivity contribution in [3.8, 4) is 22.4 Å². The quantitative estimate of drug-likeness (QED) is 0.393. The molecule has 0 atom stereocenters. The number of aromatic nitrogens is 2. The number of carbonyl (C=O) groups is 1. The summed E-state index contributed by atoms with van der Waals surface area (Å²) in [5, 5.41) is 4.72. The van der Waals surface area contributed by atoms with Gasteiger partial charge in [0, 0.05) is 12.5 Å².